The van der Waals surface area contributed by atoms with Crippen LogP contribution in [0.15, 0.2) is 60.7 Å². The molecule has 2 heteroatoms. The fourth-order valence-corrected chi connectivity index (χ4v) is 2.17. The van der Waals surface area contributed by atoms with E-state index in [-0.39, 0.29) is 0 Å². The zero-order valence-electron chi connectivity index (χ0n) is 9.06. The van der Waals surface area contributed by atoms with Crippen molar-refractivity contribution in [1.82, 2.24) is 0 Å². The van der Waals surface area contributed by atoms with Gasteiger partial charge in [-0.1, -0.05) is 60.7 Å². The first kappa shape index (κ1) is 10.00. The molecule has 2 N–H and O–H groups in total. The molecule has 0 aliphatic rings. The molecule has 0 unspecified atom stereocenters. The normalized spacial score (nSPS) is 10.5. The highest BCUT2D eigenvalue weighted by molar-refractivity contribution is 6.77. The minimum atomic E-state index is -0.469. The molecule has 0 amide bonds. The van der Waals surface area contributed by atoms with Gasteiger partial charge in [-0.15, -0.1) is 10.9 Å². The molecular formula is C13H16BN. The van der Waals surface area contributed by atoms with Crippen molar-refractivity contribution in [2.24, 2.45) is 0 Å². The summed E-state index contributed by atoms with van der Waals surface area (Å²) >= 11 is 0. The molecule has 0 fully saturated rings. The van der Waals surface area contributed by atoms with Gasteiger partial charge in [-0.2, -0.15) is 0 Å². The van der Waals surface area contributed by atoms with Crippen LogP contribution in [0.1, 0.15) is 0 Å². The van der Waals surface area contributed by atoms with Crippen LogP contribution in [-0.4, -0.2) is 13.9 Å². The maximum atomic E-state index is 2.32. The lowest BCUT2D eigenvalue weighted by Crippen LogP contribution is -2.96. The topological polar surface area (TPSA) is 16.6 Å². The van der Waals surface area contributed by atoms with Gasteiger partial charge in [-0.05, 0) is 0 Å². The van der Waals surface area contributed by atoms with Crippen LogP contribution in [0.4, 0.5) is 0 Å². The van der Waals surface area contributed by atoms with E-state index in [0.29, 0.717) is 0 Å². The van der Waals surface area contributed by atoms with Gasteiger partial charge < -0.3 is 5.23 Å². The minimum absolute atomic E-state index is 0.469. The zero-order chi connectivity index (χ0) is 10.5. The van der Waals surface area contributed by atoms with Crippen molar-refractivity contribution in [1.29, 1.82) is 0 Å². The summed E-state index contributed by atoms with van der Waals surface area (Å²) in [6.45, 7) is -0.469. The number of quaternary nitrogens is 1. The van der Waals surface area contributed by atoms with Crippen LogP contribution in [0.2, 0.25) is 0 Å². The summed E-state index contributed by atoms with van der Waals surface area (Å²) in [5.74, 6) is 0. The second-order valence-corrected chi connectivity index (χ2v) is 3.96. The molecule has 0 aliphatic heterocycles. The third kappa shape index (κ3) is 2.28. The molecule has 0 radical (unpaired) electrons. The third-order valence-electron chi connectivity index (χ3n) is 2.97. The van der Waals surface area contributed by atoms with Crippen LogP contribution in [0, 0.1) is 0 Å². The first-order valence-electron chi connectivity index (χ1n) is 5.51. The van der Waals surface area contributed by atoms with E-state index in [1.807, 2.05) is 0 Å². The average molecular weight is 197 g/mol. The van der Waals surface area contributed by atoms with Gasteiger partial charge in [-0.25, -0.2) is 0 Å². The highest BCUT2D eigenvalue weighted by Gasteiger charge is 2.09. The average Bonchev–Trinajstić information content (AvgIpc) is 2.33. The molecule has 15 heavy (non-hydrogen) atoms. The Morgan fingerprint density at radius 3 is 1.47 bits per heavy atom. The number of hydrogen-bond acceptors (Lipinski definition) is 0. The Morgan fingerprint density at radius 1 is 0.733 bits per heavy atom. The van der Waals surface area contributed by atoms with E-state index in [1.165, 1.54) is 10.9 Å². The molecule has 0 saturated heterocycles. The Bertz CT molecular complexity index is 360. The van der Waals surface area contributed by atoms with E-state index in [1.54, 1.807) is 0 Å². The van der Waals surface area contributed by atoms with Crippen molar-refractivity contribution in [3.63, 3.8) is 0 Å². The smallest absolute Gasteiger partial charge is 0.247 e. The van der Waals surface area contributed by atoms with Gasteiger partial charge in [0.1, 0.15) is 0 Å². The van der Waals surface area contributed by atoms with Crippen LogP contribution in [0.3, 0.4) is 0 Å². The molecule has 2 aromatic rings. The molecule has 76 valence electrons. The summed E-state index contributed by atoms with van der Waals surface area (Å²) in [6, 6.07) is 21.5. The maximum absolute atomic E-state index is 2.32. The molecule has 0 bridgehead atoms. The van der Waals surface area contributed by atoms with Crippen molar-refractivity contribution < 1.29 is 5.23 Å². The molecule has 0 saturated carbocycles. The molecule has 0 spiro atoms. The van der Waals surface area contributed by atoms with Crippen molar-refractivity contribution >= 4 is 17.8 Å². The highest BCUT2D eigenvalue weighted by Crippen LogP contribution is 1.87. The fraction of sp³-hybridized carbons (Fsp3) is 0.0769. The summed E-state index contributed by atoms with van der Waals surface area (Å²) in [7, 11) is 2.15. The van der Waals surface area contributed by atoms with Gasteiger partial charge >= 0.3 is 0 Å². The summed E-state index contributed by atoms with van der Waals surface area (Å²) in [4.78, 5) is 0. The van der Waals surface area contributed by atoms with E-state index >= 15 is 0 Å². The number of rotatable bonds is 3. The van der Waals surface area contributed by atoms with E-state index < -0.39 is 6.85 Å². The van der Waals surface area contributed by atoms with Gasteiger partial charge in [0.2, 0.25) is 6.85 Å². The Hall–Kier alpha value is -1.54. The second kappa shape index (κ2) is 4.81. The van der Waals surface area contributed by atoms with E-state index in [2.05, 4.69) is 72.9 Å². The lowest BCUT2D eigenvalue weighted by molar-refractivity contribution is -0.483. The van der Waals surface area contributed by atoms with Crippen LogP contribution in [-0.2, 0) is 0 Å². The van der Waals surface area contributed by atoms with Crippen LogP contribution in [0.5, 0.6) is 0 Å². The molecule has 1 nitrogen and oxygen atoms in total. The Kier molecular flexibility index (Phi) is 3.20. The van der Waals surface area contributed by atoms with Gasteiger partial charge in [-0.3, -0.25) is 0 Å². The van der Waals surface area contributed by atoms with Crippen LogP contribution < -0.4 is 16.2 Å². The van der Waals surface area contributed by atoms with Gasteiger partial charge in [0.25, 0.3) is 0 Å². The Balaban J connectivity index is 2.34. The van der Waals surface area contributed by atoms with Crippen LogP contribution in [0.25, 0.3) is 0 Å². The molecular weight excluding hydrogens is 181 g/mol. The first-order valence-corrected chi connectivity index (χ1v) is 5.51. The Morgan fingerprint density at radius 2 is 1.13 bits per heavy atom. The lowest BCUT2D eigenvalue weighted by atomic mass is 9.51. The standard InChI is InChI=1S/C13H16BN/c1-15-14(12-8-4-2-5-9-12)13-10-6-3-7-11-13/h2-11,14H,15H2,1H3. The van der Waals surface area contributed by atoms with Crippen molar-refractivity contribution in [2.45, 2.75) is 0 Å². The molecule has 2 aromatic carbocycles. The molecule has 0 aliphatic carbocycles. The predicted octanol–water partition coefficient (Wildman–Crippen LogP) is -0.282. The van der Waals surface area contributed by atoms with Gasteiger partial charge in [0.05, 0.1) is 0 Å². The largest absolute Gasteiger partial charge is 0.534 e. The zero-order valence-corrected chi connectivity index (χ0v) is 9.06. The number of hydrogen-bond donors (Lipinski definition) is 1. The van der Waals surface area contributed by atoms with Gasteiger partial charge in [0, 0.05) is 7.05 Å². The summed E-state index contributed by atoms with van der Waals surface area (Å²) in [5.41, 5.74) is 2.87. The molecule has 0 heterocycles. The van der Waals surface area contributed by atoms with Crippen molar-refractivity contribution in [3.8, 4) is 0 Å². The van der Waals surface area contributed by atoms with Crippen molar-refractivity contribution in [3.05, 3.63) is 60.7 Å². The first-order chi connectivity index (χ1) is 7.42. The molecule has 0 atom stereocenters. The SMILES string of the molecule is C[NH2+][BH-](c1ccccc1)c1ccccc1. The Labute approximate surface area is 91.2 Å². The maximum Gasteiger partial charge on any atom is 0.247 e. The second-order valence-electron chi connectivity index (χ2n) is 3.96. The monoisotopic (exact) mass is 197 g/mol. The lowest BCUT2D eigenvalue weighted by Gasteiger charge is -2.19. The van der Waals surface area contributed by atoms with Crippen molar-refractivity contribution in [2.75, 3.05) is 7.05 Å². The fourth-order valence-electron chi connectivity index (χ4n) is 2.17. The van der Waals surface area contributed by atoms with E-state index in [0.717, 1.165) is 0 Å². The summed E-state index contributed by atoms with van der Waals surface area (Å²) in [5, 5.41) is 2.32. The summed E-state index contributed by atoms with van der Waals surface area (Å²) in [6.07, 6.45) is 0. The third-order valence-corrected chi connectivity index (χ3v) is 2.97. The quantitative estimate of drug-likeness (QED) is 0.651. The highest BCUT2D eigenvalue weighted by atomic mass is 14.7. The van der Waals surface area contributed by atoms with E-state index in [4.69, 9.17) is 0 Å². The van der Waals surface area contributed by atoms with Crippen LogP contribution >= 0.6 is 0 Å². The molecule has 2 rings (SSSR count). The minimum Gasteiger partial charge on any atom is -0.534 e. The summed E-state index contributed by atoms with van der Waals surface area (Å²) < 4.78 is 0. The molecule has 0 aromatic heterocycles. The predicted molar refractivity (Wildman–Crippen MR) is 67.2 cm³/mol. The van der Waals surface area contributed by atoms with E-state index in [9.17, 15) is 0 Å². The number of nitrogens with two attached hydrogens (primary N) is 1. The van der Waals surface area contributed by atoms with Gasteiger partial charge in [0.15, 0.2) is 0 Å². The number of benzene rings is 2.